The first-order chi connectivity index (χ1) is 7.63. The number of aromatic nitrogens is 2. The minimum absolute atomic E-state index is 0.0989. The molecule has 1 aromatic heterocycles. The van der Waals surface area contributed by atoms with Crippen molar-refractivity contribution in [2.75, 3.05) is 13.3 Å². The number of hydrogen-bond acceptors (Lipinski definition) is 3. The Morgan fingerprint density at radius 1 is 1.62 bits per heavy atom. The largest absolute Gasteiger partial charge is 0.461 e. The lowest BCUT2D eigenvalue weighted by Crippen LogP contribution is -2.07. The van der Waals surface area contributed by atoms with Crippen LogP contribution < -0.4 is 0 Å². The van der Waals surface area contributed by atoms with Crippen LogP contribution in [0.15, 0.2) is 6.07 Å². The van der Waals surface area contributed by atoms with E-state index in [-0.39, 0.29) is 18.7 Å². The molecule has 0 unspecified atom stereocenters. The number of carbonyl (C=O) groups excluding carboxylic acids is 1. The molecule has 4 nitrogen and oxygen atoms in total. The smallest absolute Gasteiger partial charge is 0.358 e. The molecule has 1 rings (SSSR count). The molecular weight excluding hydrogens is 211 g/mol. The van der Waals surface area contributed by atoms with Crippen molar-refractivity contribution in [1.29, 1.82) is 0 Å². The van der Waals surface area contributed by atoms with E-state index in [1.807, 2.05) is 0 Å². The minimum Gasteiger partial charge on any atom is -0.461 e. The Morgan fingerprint density at radius 3 is 3.00 bits per heavy atom. The number of alkyl halides is 1. The summed E-state index contributed by atoms with van der Waals surface area (Å²) in [7, 11) is 0. The van der Waals surface area contributed by atoms with Gasteiger partial charge in [0.05, 0.1) is 13.3 Å². The number of halogens is 1. The molecule has 0 fully saturated rings. The summed E-state index contributed by atoms with van der Waals surface area (Å²) in [5.74, 6) is -0.00411. The number of nitrogens with one attached hydrogen (secondary N) is 1. The first-order valence-corrected chi connectivity index (χ1v) is 5.41. The van der Waals surface area contributed by atoms with Crippen molar-refractivity contribution in [2.45, 2.75) is 26.7 Å². The lowest BCUT2D eigenvalue weighted by Gasteiger charge is -2.00. The fraction of sp³-hybridized carbons (Fsp3) is 0.636. The summed E-state index contributed by atoms with van der Waals surface area (Å²) in [6, 6.07) is 1.68. The Bertz CT molecular complexity index is 336. The molecule has 1 N–H and O–H groups in total. The van der Waals surface area contributed by atoms with Crippen molar-refractivity contribution in [3.63, 3.8) is 0 Å². The average Bonchev–Trinajstić information content (AvgIpc) is 2.65. The third-order valence-corrected chi connectivity index (χ3v) is 1.98. The zero-order valence-corrected chi connectivity index (χ0v) is 9.62. The molecule has 0 aliphatic rings. The second kappa shape index (κ2) is 6.25. The van der Waals surface area contributed by atoms with E-state index in [9.17, 15) is 9.18 Å². The summed E-state index contributed by atoms with van der Waals surface area (Å²) in [6.07, 6.45) is 1.07. The number of ether oxygens (including phenoxy) is 1. The molecule has 90 valence electrons. The molecular formula is C11H17FN2O2. The number of nitrogens with zero attached hydrogens (tertiary/aromatic N) is 1. The Morgan fingerprint density at radius 2 is 2.38 bits per heavy atom. The van der Waals surface area contributed by atoms with Crippen LogP contribution >= 0.6 is 0 Å². The number of esters is 1. The first-order valence-electron chi connectivity index (χ1n) is 5.41. The molecule has 5 heteroatoms. The van der Waals surface area contributed by atoms with Crippen LogP contribution in [0.5, 0.6) is 0 Å². The van der Waals surface area contributed by atoms with Crippen LogP contribution in [0.2, 0.25) is 0 Å². The maximum absolute atomic E-state index is 11.8. The molecule has 16 heavy (non-hydrogen) atoms. The quantitative estimate of drug-likeness (QED) is 0.599. The van der Waals surface area contributed by atoms with Gasteiger partial charge in [-0.2, -0.15) is 5.10 Å². The summed E-state index contributed by atoms with van der Waals surface area (Å²) in [5, 5.41) is 6.64. The summed E-state index contributed by atoms with van der Waals surface area (Å²) in [6.45, 7) is 3.79. The highest BCUT2D eigenvalue weighted by Crippen LogP contribution is 2.07. The van der Waals surface area contributed by atoms with Gasteiger partial charge < -0.3 is 4.74 Å². The van der Waals surface area contributed by atoms with Crippen LogP contribution in [-0.2, 0) is 11.2 Å². The Labute approximate surface area is 94.2 Å². The number of hydrogen-bond donors (Lipinski definition) is 1. The number of H-pyrrole nitrogens is 1. The summed E-state index contributed by atoms with van der Waals surface area (Å²) >= 11 is 0. The van der Waals surface area contributed by atoms with Gasteiger partial charge in [0.1, 0.15) is 0 Å². The van der Waals surface area contributed by atoms with E-state index in [4.69, 9.17) is 4.74 Å². The highest BCUT2D eigenvalue weighted by atomic mass is 19.1. The molecule has 0 saturated carbocycles. The molecule has 0 aromatic carbocycles. The summed E-state index contributed by atoms with van der Waals surface area (Å²) in [5.41, 5.74) is 1.17. The molecule has 1 aromatic rings. The number of rotatable bonds is 6. The van der Waals surface area contributed by atoms with Crippen molar-refractivity contribution < 1.29 is 13.9 Å². The number of aromatic amines is 1. The molecule has 0 radical (unpaired) electrons. The van der Waals surface area contributed by atoms with E-state index >= 15 is 0 Å². The fourth-order valence-electron chi connectivity index (χ4n) is 1.30. The van der Waals surface area contributed by atoms with E-state index in [1.165, 1.54) is 0 Å². The van der Waals surface area contributed by atoms with Gasteiger partial charge in [0.2, 0.25) is 0 Å². The Balaban J connectivity index is 2.46. The molecule has 0 saturated heterocycles. The predicted molar refractivity (Wildman–Crippen MR) is 58.0 cm³/mol. The van der Waals surface area contributed by atoms with Gasteiger partial charge in [-0.05, 0) is 18.4 Å². The third-order valence-electron chi connectivity index (χ3n) is 1.98. The lowest BCUT2D eigenvalue weighted by molar-refractivity contribution is 0.0487. The predicted octanol–water partition coefficient (Wildman–Crippen LogP) is 2.12. The normalized spacial score (nSPS) is 10.8. The molecule has 0 amide bonds. The molecule has 0 bridgehead atoms. The second-order valence-corrected chi connectivity index (χ2v) is 4.05. The van der Waals surface area contributed by atoms with Crippen LogP contribution in [0, 0.1) is 5.92 Å². The molecule has 0 spiro atoms. The SMILES string of the molecule is CC(C)Cc1cc(C(=O)OCCCF)n[nH]1. The highest BCUT2D eigenvalue weighted by molar-refractivity contribution is 5.87. The van der Waals surface area contributed by atoms with Crippen LogP contribution in [0.3, 0.4) is 0 Å². The van der Waals surface area contributed by atoms with Gasteiger partial charge in [0.15, 0.2) is 5.69 Å². The molecule has 1 heterocycles. The van der Waals surface area contributed by atoms with Crippen LogP contribution in [0.25, 0.3) is 0 Å². The van der Waals surface area contributed by atoms with Gasteiger partial charge >= 0.3 is 5.97 Å². The van der Waals surface area contributed by atoms with Gasteiger partial charge in [-0.15, -0.1) is 0 Å². The van der Waals surface area contributed by atoms with Gasteiger partial charge in [0.25, 0.3) is 0 Å². The zero-order chi connectivity index (χ0) is 12.0. The van der Waals surface area contributed by atoms with Crippen molar-refractivity contribution in [3.8, 4) is 0 Å². The van der Waals surface area contributed by atoms with Crippen molar-refractivity contribution in [2.24, 2.45) is 5.92 Å². The van der Waals surface area contributed by atoms with Gasteiger partial charge in [0, 0.05) is 12.1 Å². The van der Waals surface area contributed by atoms with Gasteiger partial charge in [-0.25, -0.2) is 4.79 Å². The molecule has 0 atom stereocenters. The van der Waals surface area contributed by atoms with Crippen LogP contribution in [-0.4, -0.2) is 29.4 Å². The van der Waals surface area contributed by atoms with Gasteiger partial charge in [-0.1, -0.05) is 13.8 Å². The van der Waals surface area contributed by atoms with Crippen molar-refractivity contribution in [3.05, 3.63) is 17.5 Å². The van der Waals surface area contributed by atoms with Crippen molar-refractivity contribution in [1.82, 2.24) is 10.2 Å². The number of carbonyl (C=O) groups is 1. The Kier molecular flexibility index (Phi) is 4.95. The van der Waals surface area contributed by atoms with E-state index in [1.54, 1.807) is 6.07 Å². The van der Waals surface area contributed by atoms with E-state index in [2.05, 4.69) is 24.0 Å². The second-order valence-electron chi connectivity index (χ2n) is 4.05. The van der Waals surface area contributed by atoms with Gasteiger partial charge in [-0.3, -0.25) is 9.49 Å². The zero-order valence-electron chi connectivity index (χ0n) is 9.62. The standard InChI is InChI=1S/C11H17FN2O2/c1-8(2)6-9-7-10(14-13-9)11(15)16-5-3-4-12/h7-8H,3-6H2,1-2H3,(H,13,14). The first kappa shape index (κ1) is 12.7. The lowest BCUT2D eigenvalue weighted by atomic mass is 10.1. The van der Waals surface area contributed by atoms with Crippen LogP contribution in [0.1, 0.15) is 36.5 Å². The Hall–Kier alpha value is -1.39. The van der Waals surface area contributed by atoms with Crippen molar-refractivity contribution >= 4 is 5.97 Å². The van der Waals surface area contributed by atoms with E-state index < -0.39 is 12.6 Å². The van der Waals surface area contributed by atoms with E-state index in [0.717, 1.165) is 12.1 Å². The average molecular weight is 228 g/mol. The third kappa shape index (κ3) is 4.00. The summed E-state index contributed by atoms with van der Waals surface area (Å²) < 4.78 is 16.6. The highest BCUT2D eigenvalue weighted by Gasteiger charge is 2.12. The maximum Gasteiger partial charge on any atom is 0.358 e. The van der Waals surface area contributed by atoms with E-state index in [0.29, 0.717) is 5.92 Å². The molecule has 0 aliphatic carbocycles. The topological polar surface area (TPSA) is 55.0 Å². The molecule has 0 aliphatic heterocycles. The maximum atomic E-state index is 11.8. The minimum atomic E-state index is -0.500. The van der Waals surface area contributed by atoms with Crippen LogP contribution in [0.4, 0.5) is 4.39 Å². The fourth-order valence-corrected chi connectivity index (χ4v) is 1.30. The summed E-state index contributed by atoms with van der Waals surface area (Å²) in [4.78, 5) is 11.4. The monoisotopic (exact) mass is 228 g/mol.